The zero-order chi connectivity index (χ0) is 20.0. The standard InChI is InChI=1S/C19H12BrN3O3S2/c1-9-4-2-3-5-11(9)16(24)22-23-18(26)15(28-19(23)27)14-12-8-10(20)6-7-13(12)21-17(14)25/h2-8,26H,1H3,(H,22,24). The molecule has 1 aliphatic rings. The molecular weight excluding hydrogens is 462 g/mol. The number of rotatable bonds is 3. The number of benzene rings is 2. The molecule has 1 aliphatic heterocycles. The van der Waals surface area contributed by atoms with Crippen molar-refractivity contribution in [2.75, 3.05) is 5.43 Å². The van der Waals surface area contributed by atoms with Crippen molar-refractivity contribution in [1.29, 1.82) is 0 Å². The summed E-state index contributed by atoms with van der Waals surface area (Å²) in [5.41, 5.74) is 4.11. The summed E-state index contributed by atoms with van der Waals surface area (Å²) in [7, 11) is 0. The molecule has 4 rings (SSSR count). The van der Waals surface area contributed by atoms with Gasteiger partial charge in [-0.25, -0.2) is 4.99 Å². The molecule has 0 saturated heterocycles. The lowest BCUT2D eigenvalue weighted by atomic mass is 10.1. The van der Waals surface area contributed by atoms with Gasteiger partial charge in [0.2, 0.25) is 5.88 Å². The van der Waals surface area contributed by atoms with E-state index < -0.39 is 11.8 Å². The van der Waals surface area contributed by atoms with Crippen LogP contribution in [0.5, 0.6) is 5.88 Å². The first kappa shape index (κ1) is 18.7. The Labute approximate surface area is 176 Å². The SMILES string of the molecule is Cc1ccccc1C(=O)Nn1c(O)c(C2=c3cc(Br)ccc3=NC2=O)sc1=S. The summed E-state index contributed by atoms with van der Waals surface area (Å²) < 4.78 is 2.10. The quantitative estimate of drug-likeness (QED) is 0.572. The molecule has 2 N–H and O–H groups in total. The Hall–Kier alpha value is -2.62. The Morgan fingerprint density at radius 1 is 1.29 bits per heavy atom. The van der Waals surface area contributed by atoms with E-state index in [1.807, 2.05) is 19.1 Å². The van der Waals surface area contributed by atoms with Crippen LogP contribution in [0.3, 0.4) is 0 Å². The van der Waals surface area contributed by atoms with Crippen LogP contribution in [-0.2, 0) is 4.79 Å². The van der Waals surface area contributed by atoms with Gasteiger partial charge in [0.25, 0.3) is 11.8 Å². The highest BCUT2D eigenvalue weighted by Crippen LogP contribution is 2.32. The zero-order valence-electron chi connectivity index (χ0n) is 14.4. The second-order valence-corrected chi connectivity index (χ2v) is 8.63. The second kappa shape index (κ2) is 7.08. The number of hydrogen-bond acceptors (Lipinski definition) is 5. The van der Waals surface area contributed by atoms with Crippen LogP contribution in [0.2, 0.25) is 0 Å². The lowest BCUT2D eigenvalue weighted by Crippen LogP contribution is -2.24. The van der Waals surface area contributed by atoms with Crippen LogP contribution in [0, 0.1) is 10.9 Å². The van der Waals surface area contributed by atoms with E-state index in [-0.39, 0.29) is 20.3 Å². The van der Waals surface area contributed by atoms with Crippen molar-refractivity contribution >= 4 is 56.9 Å². The Kier molecular flexibility index (Phi) is 4.74. The first-order chi connectivity index (χ1) is 13.4. The van der Waals surface area contributed by atoms with Gasteiger partial charge in [-0.15, -0.1) is 0 Å². The summed E-state index contributed by atoms with van der Waals surface area (Å²) in [6.45, 7) is 1.82. The number of nitrogens with zero attached hydrogens (tertiary/aromatic N) is 2. The predicted molar refractivity (Wildman–Crippen MR) is 112 cm³/mol. The van der Waals surface area contributed by atoms with Crippen LogP contribution in [0.25, 0.3) is 5.57 Å². The third-order valence-corrected chi connectivity index (χ3v) is 6.15. The van der Waals surface area contributed by atoms with Crippen molar-refractivity contribution in [3.05, 3.63) is 77.5 Å². The van der Waals surface area contributed by atoms with Gasteiger partial charge in [-0.1, -0.05) is 45.5 Å². The lowest BCUT2D eigenvalue weighted by Gasteiger charge is -2.09. The molecule has 0 spiro atoms. The lowest BCUT2D eigenvalue weighted by molar-refractivity contribution is -0.112. The average Bonchev–Trinajstić information content (AvgIpc) is 3.11. The molecule has 6 nitrogen and oxygen atoms in total. The molecule has 0 radical (unpaired) electrons. The van der Waals surface area contributed by atoms with Gasteiger partial charge < -0.3 is 5.11 Å². The van der Waals surface area contributed by atoms with Crippen molar-refractivity contribution < 1.29 is 14.7 Å². The first-order valence-electron chi connectivity index (χ1n) is 8.12. The minimum atomic E-state index is -0.461. The second-order valence-electron chi connectivity index (χ2n) is 6.07. The fraction of sp³-hybridized carbons (Fsp3) is 0.0526. The summed E-state index contributed by atoms with van der Waals surface area (Å²) in [6.07, 6.45) is 0. The number of carbonyl (C=O) groups is 2. The van der Waals surface area contributed by atoms with Crippen molar-refractivity contribution in [2.45, 2.75) is 6.92 Å². The van der Waals surface area contributed by atoms with E-state index in [4.69, 9.17) is 12.2 Å². The number of thiazole rings is 1. The third-order valence-electron chi connectivity index (χ3n) is 4.28. The summed E-state index contributed by atoms with van der Waals surface area (Å²) in [5, 5.41) is 11.8. The van der Waals surface area contributed by atoms with E-state index in [2.05, 4.69) is 26.3 Å². The molecule has 28 heavy (non-hydrogen) atoms. The highest BCUT2D eigenvalue weighted by atomic mass is 79.9. The van der Waals surface area contributed by atoms with Gasteiger partial charge >= 0.3 is 0 Å². The maximum atomic E-state index is 12.6. The van der Waals surface area contributed by atoms with Crippen molar-refractivity contribution in [2.24, 2.45) is 4.99 Å². The highest BCUT2D eigenvalue weighted by molar-refractivity contribution is 9.10. The Bertz CT molecular complexity index is 1340. The number of carbonyl (C=O) groups excluding carboxylic acids is 2. The van der Waals surface area contributed by atoms with Gasteiger partial charge in [-0.2, -0.15) is 4.68 Å². The molecule has 0 bridgehead atoms. The van der Waals surface area contributed by atoms with Crippen LogP contribution in [-0.4, -0.2) is 21.6 Å². The monoisotopic (exact) mass is 473 g/mol. The summed E-state index contributed by atoms with van der Waals surface area (Å²) in [5.74, 6) is -1.18. The van der Waals surface area contributed by atoms with Gasteiger partial charge in [-0.05, 0) is 49.0 Å². The van der Waals surface area contributed by atoms with E-state index in [0.717, 1.165) is 26.0 Å². The molecule has 3 aromatic rings. The molecule has 0 atom stereocenters. The third kappa shape index (κ3) is 3.11. The number of fused-ring (bicyclic) bond motifs is 1. The first-order valence-corrected chi connectivity index (χ1v) is 10.1. The van der Waals surface area contributed by atoms with E-state index in [0.29, 0.717) is 16.1 Å². The number of halogens is 1. The molecule has 2 amide bonds. The maximum absolute atomic E-state index is 12.6. The van der Waals surface area contributed by atoms with Crippen LogP contribution in [0.1, 0.15) is 20.8 Å². The Morgan fingerprint density at radius 2 is 2.04 bits per heavy atom. The predicted octanol–water partition coefficient (Wildman–Crippen LogP) is 2.80. The van der Waals surface area contributed by atoms with E-state index >= 15 is 0 Å². The zero-order valence-corrected chi connectivity index (χ0v) is 17.6. The van der Waals surface area contributed by atoms with Crippen molar-refractivity contribution in [1.82, 2.24) is 4.68 Å². The van der Waals surface area contributed by atoms with Crippen molar-refractivity contribution in [3.63, 3.8) is 0 Å². The smallest absolute Gasteiger partial charge is 0.279 e. The fourth-order valence-electron chi connectivity index (χ4n) is 2.92. The number of nitrogens with one attached hydrogen (secondary N) is 1. The summed E-state index contributed by atoms with van der Waals surface area (Å²) >= 11 is 9.72. The topological polar surface area (TPSA) is 83.7 Å². The van der Waals surface area contributed by atoms with Gasteiger partial charge in [0.05, 0.1) is 10.9 Å². The maximum Gasteiger partial charge on any atom is 0.279 e. The van der Waals surface area contributed by atoms with Crippen LogP contribution >= 0.6 is 39.5 Å². The van der Waals surface area contributed by atoms with Gasteiger partial charge in [0.1, 0.15) is 4.88 Å². The molecule has 140 valence electrons. The Balaban J connectivity index is 1.82. The summed E-state index contributed by atoms with van der Waals surface area (Å²) in [4.78, 5) is 29.3. The normalized spacial score (nSPS) is 12.6. The van der Waals surface area contributed by atoms with E-state index in [1.165, 1.54) is 0 Å². The van der Waals surface area contributed by atoms with Crippen molar-refractivity contribution in [3.8, 4) is 5.88 Å². The number of amides is 2. The fourth-order valence-corrected chi connectivity index (χ4v) is 4.55. The van der Waals surface area contributed by atoms with Crippen LogP contribution in [0.15, 0.2) is 51.9 Å². The number of aromatic nitrogens is 1. The molecular formula is C19H12BrN3O3S2. The van der Waals surface area contributed by atoms with E-state index in [9.17, 15) is 14.7 Å². The molecule has 0 fully saturated rings. The largest absolute Gasteiger partial charge is 0.492 e. The summed E-state index contributed by atoms with van der Waals surface area (Å²) in [6, 6.07) is 12.3. The highest BCUT2D eigenvalue weighted by Gasteiger charge is 2.26. The number of aromatic hydroxyl groups is 1. The molecule has 0 unspecified atom stereocenters. The van der Waals surface area contributed by atoms with Gasteiger partial charge in [0, 0.05) is 15.3 Å². The Morgan fingerprint density at radius 3 is 2.79 bits per heavy atom. The minimum absolute atomic E-state index is 0.207. The molecule has 2 heterocycles. The molecule has 9 heteroatoms. The molecule has 0 saturated carbocycles. The van der Waals surface area contributed by atoms with Gasteiger partial charge in [0.15, 0.2) is 3.95 Å². The molecule has 2 aromatic carbocycles. The van der Waals surface area contributed by atoms with Gasteiger partial charge in [-0.3, -0.25) is 15.0 Å². The van der Waals surface area contributed by atoms with Crippen LogP contribution < -0.4 is 16.0 Å². The van der Waals surface area contributed by atoms with Crippen LogP contribution in [0.4, 0.5) is 0 Å². The molecule has 0 aliphatic carbocycles. The number of hydrogen-bond donors (Lipinski definition) is 2. The molecule has 1 aromatic heterocycles. The minimum Gasteiger partial charge on any atom is -0.492 e. The average molecular weight is 474 g/mol. The van der Waals surface area contributed by atoms with E-state index in [1.54, 1.807) is 30.3 Å². The number of aryl methyl sites for hydroxylation is 1.